The van der Waals surface area contributed by atoms with E-state index in [9.17, 15) is 0 Å². The zero-order valence-electron chi connectivity index (χ0n) is 15.9. The second-order valence-electron chi connectivity index (χ2n) is 7.26. The number of aryl methyl sites for hydroxylation is 1. The van der Waals surface area contributed by atoms with E-state index in [0.717, 1.165) is 61.5 Å². The molecule has 0 bridgehead atoms. The van der Waals surface area contributed by atoms with E-state index in [1.54, 1.807) is 0 Å². The molecule has 7 heteroatoms. The van der Waals surface area contributed by atoms with E-state index in [-0.39, 0.29) is 6.10 Å². The Kier molecular flexibility index (Phi) is 5.31. The number of fused-ring (bicyclic) bond motifs is 1. The zero-order valence-corrected chi connectivity index (χ0v) is 15.9. The van der Waals surface area contributed by atoms with Gasteiger partial charge in [-0.25, -0.2) is 15.0 Å². The number of nitrogens with one attached hydrogen (secondary N) is 2. The minimum Gasteiger partial charge on any atom is -0.376 e. The largest absolute Gasteiger partial charge is 0.376 e. The molecule has 1 atom stereocenters. The highest BCUT2D eigenvalue weighted by molar-refractivity contribution is 5.78. The molecule has 2 aromatic heterocycles. The third kappa shape index (κ3) is 4.43. The van der Waals surface area contributed by atoms with Crippen molar-refractivity contribution in [2.45, 2.75) is 39.0 Å². The number of aromatic nitrogens is 4. The number of H-pyrrole nitrogens is 1. The summed E-state index contributed by atoms with van der Waals surface area (Å²) >= 11 is 0. The molecular weight excluding hydrogens is 340 g/mol. The zero-order chi connectivity index (χ0) is 18.6. The summed E-state index contributed by atoms with van der Waals surface area (Å²) in [5, 5.41) is 3.25. The average Bonchev–Trinajstić information content (AvgIpc) is 3.31. The van der Waals surface area contributed by atoms with Gasteiger partial charge in [-0.05, 0) is 38.4 Å². The highest BCUT2D eigenvalue weighted by Gasteiger charge is 2.15. The van der Waals surface area contributed by atoms with Crippen molar-refractivity contribution in [1.82, 2.24) is 24.8 Å². The van der Waals surface area contributed by atoms with Gasteiger partial charge in [0.05, 0.1) is 23.7 Å². The maximum absolute atomic E-state index is 5.60. The summed E-state index contributed by atoms with van der Waals surface area (Å²) in [4.78, 5) is 19.2. The lowest BCUT2D eigenvalue weighted by molar-refractivity contribution is 0.120. The van der Waals surface area contributed by atoms with Gasteiger partial charge in [0, 0.05) is 37.7 Å². The van der Waals surface area contributed by atoms with Gasteiger partial charge in [0.2, 0.25) is 5.95 Å². The molecule has 2 N–H and O–H groups in total. The Labute approximate surface area is 159 Å². The first kappa shape index (κ1) is 17.9. The molecule has 1 aromatic carbocycles. The van der Waals surface area contributed by atoms with Crippen molar-refractivity contribution in [2.75, 3.05) is 25.5 Å². The van der Waals surface area contributed by atoms with Gasteiger partial charge in [-0.2, -0.15) is 0 Å². The molecule has 0 saturated carbocycles. The van der Waals surface area contributed by atoms with Crippen LogP contribution in [0.25, 0.3) is 11.0 Å². The Balaban J connectivity index is 1.31. The third-order valence-corrected chi connectivity index (χ3v) is 4.85. The van der Waals surface area contributed by atoms with Gasteiger partial charge in [0.1, 0.15) is 5.82 Å². The first-order valence-electron chi connectivity index (χ1n) is 9.46. The van der Waals surface area contributed by atoms with Gasteiger partial charge in [-0.15, -0.1) is 0 Å². The van der Waals surface area contributed by atoms with E-state index in [0.29, 0.717) is 5.95 Å². The number of ether oxygens (including phenoxy) is 1. The summed E-state index contributed by atoms with van der Waals surface area (Å²) in [7, 11) is 2.07. The van der Waals surface area contributed by atoms with Crippen LogP contribution in [0.15, 0.2) is 30.6 Å². The molecule has 142 valence electrons. The Morgan fingerprint density at radius 1 is 1.26 bits per heavy atom. The van der Waals surface area contributed by atoms with Crippen LogP contribution in [0, 0.1) is 6.92 Å². The van der Waals surface area contributed by atoms with Crippen molar-refractivity contribution in [3.8, 4) is 0 Å². The van der Waals surface area contributed by atoms with Gasteiger partial charge < -0.3 is 15.0 Å². The number of para-hydroxylation sites is 1. The summed E-state index contributed by atoms with van der Waals surface area (Å²) in [6, 6.07) is 6.20. The predicted molar refractivity (Wildman–Crippen MR) is 105 cm³/mol. The van der Waals surface area contributed by atoms with Gasteiger partial charge >= 0.3 is 0 Å². The van der Waals surface area contributed by atoms with Crippen molar-refractivity contribution < 1.29 is 4.74 Å². The maximum atomic E-state index is 5.60. The molecule has 1 fully saturated rings. The van der Waals surface area contributed by atoms with Gasteiger partial charge in [0.15, 0.2) is 0 Å². The molecule has 1 saturated heterocycles. The summed E-state index contributed by atoms with van der Waals surface area (Å²) < 4.78 is 5.60. The molecule has 1 aliphatic rings. The van der Waals surface area contributed by atoms with Crippen LogP contribution in [0.3, 0.4) is 0 Å². The van der Waals surface area contributed by atoms with Crippen LogP contribution in [0.4, 0.5) is 5.95 Å². The molecule has 0 amide bonds. The van der Waals surface area contributed by atoms with Crippen LogP contribution in [0.5, 0.6) is 0 Å². The normalized spacial score (nSPS) is 17.1. The number of benzene rings is 1. The van der Waals surface area contributed by atoms with Gasteiger partial charge in [0.25, 0.3) is 0 Å². The summed E-state index contributed by atoms with van der Waals surface area (Å²) in [5.74, 6) is 1.63. The fourth-order valence-corrected chi connectivity index (χ4v) is 3.46. The smallest absolute Gasteiger partial charge is 0.222 e. The Hall–Kier alpha value is -2.51. The molecule has 0 aliphatic carbocycles. The molecule has 0 radical (unpaired) electrons. The van der Waals surface area contributed by atoms with Crippen molar-refractivity contribution in [3.05, 3.63) is 47.5 Å². The molecule has 3 aromatic rings. The highest BCUT2D eigenvalue weighted by atomic mass is 16.5. The third-order valence-electron chi connectivity index (χ3n) is 4.85. The Morgan fingerprint density at radius 2 is 2.11 bits per heavy atom. The predicted octanol–water partition coefficient (Wildman–Crippen LogP) is 2.88. The first-order chi connectivity index (χ1) is 13.2. The maximum Gasteiger partial charge on any atom is 0.222 e. The van der Waals surface area contributed by atoms with E-state index in [1.165, 1.54) is 5.56 Å². The summed E-state index contributed by atoms with van der Waals surface area (Å²) in [5.41, 5.74) is 4.40. The quantitative estimate of drug-likeness (QED) is 0.669. The number of rotatable bonds is 7. The van der Waals surface area contributed by atoms with Crippen LogP contribution >= 0.6 is 0 Å². The molecule has 4 rings (SSSR count). The monoisotopic (exact) mass is 366 g/mol. The topological polar surface area (TPSA) is 79.0 Å². The van der Waals surface area contributed by atoms with Crippen LogP contribution in [-0.4, -0.2) is 51.1 Å². The minimum absolute atomic E-state index is 0.284. The lowest BCUT2D eigenvalue weighted by Gasteiger charge is -2.15. The number of hydrogen-bond donors (Lipinski definition) is 2. The molecule has 0 spiro atoms. The first-order valence-corrected chi connectivity index (χ1v) is 9.46. The van der Waals surface area contributed by atoms with Crippen molar-refractivity contribution in [2.24, 2.45) is 0 Å². The molecule has 27 heavy (non-hydrogen) atoms. The van der Waals surface area contributed by atoms with E-state index in [4.69, 9.17) is 9.72 Å². The van der Waals surface area contributed by atoms with Crippen LogP contribution in [0.2, 0.25) is 0 Å². The van der Waals surface area contributed by atoms with Crippen LogP contribution in [0.1, 0.15) is 29.8 Å². The van der Waals surface area contributed by atoms with Gasteiger partial charge in [-0.3, -0.25) is 4.90 Å². The molecule has 1 unspecified atom stereocenters. The average molecular weight is 366 g/mol. The SMILES string of the molecule is Cc1cccc2[nH]c(CN(C)Cc3cnc(NCC4CCCO4)nc3)nc12. The van der Waals surface area contributed by atoms with E-state index in [2.05, 4.69) is 57.3 Å². The number of anilines is 1. The molecule has 7 nitrogen and oxygen atoms in total. The standard InChI is InChI=1S/C20H26N6O/c1-14-5-3-7-17-19(14)25-18(24-17)13-26(2)12-15-9-21-20(22-10-15)23-11-16-6-4-8-27-16/h3,5,7,9-10,16H,4,6,8,11-13H2,1-2H3,(H,24,25)(H,21,22,23). The molecule has 1 aliphatic heterocycles. The second-order valence-corrected chi connectivity index (χ2v) is 7.26. The lowest BCUT2D eigenvalue weighted by Crippen LogP contribution is -2.20. The van der Waals surface area contributed by atoms with E-state index < -0.39 is 0 Å². The number of imidazole rings is 1. The lowest BCUT2D eigenvalue weighted by atomic mass is 10.2. The van der Waals surface area contributed by atoms with Crippen molar-refractivity contribution >= 4 is 17.0 Å². The van der Waals surface area contributed by atoms with Gasteiger partial charge in [-0.1, -0.05) is 12.1 Å². The van der Waals surface area contributed by atoms with E-state index >= 15 is 0 Å². The highest BCUT2D eigenvalue weighted by Crippen LogP contribution is 2.17. The van der Waals surface area contributed by atoms with Crippen molar-refractivity contribution in [1.29, 1.82) is 0 Å². The number of aromatic amines is 1. The number of hydrogen-bond acceptors (Lipinski definition) is 6. The molecule has 3 heterocycles. The van der Waals surface area contributed by atoms with Crippen molar-refractivity contribution in [3.63, 3.8) is 0 Å². The summed E-state index contributed by atoms with van der Waals surface area (Å²) in [6.45, 7) is 5.23. The Bertz CT molecular complexity index is 885. The van der Waals surface area contributed by atoms with E-state index in [1.807, 2.05) is 12.4 Å². The van der Waals surface area contributed by atoms with Crippen LogP contribution in [-0.2, 0) is 17.8 Å². The second kappa shape index (κ2) is 8.02. The van der Waals surface area contributed by atoms with Crippen LogP contribution < -0.4 is 5.32 Å². The Morgan fingerprint density at radius 3 is 2.85 bits per heavy atom. The number of nitrogens with zero attached hydrogens (tertiary/aromatic N) is 4. The molecular formula is C20H26N6O. The summed E-state index contributed by atoms with van der Waals surface area (Å²) in [6.07, 6.45) is 6.29. The fourth-order valence-electron chi connectivity index (χ4n) is 3.46. The fraction of sp³-hybridized carbons (Fsp3) is 0.450. The minimum atomic E-state index is 0.284.